The van der Waals surface area contributed by atoms with Crippen LogP contribution in [-0.4, -0.2) is 5.17 Å². The Morgan fingerprint density at radius 1 is 1.50 bits per heavy atom. The number of thioether (sulfide) groups is 1. The Bertz CT molecular complexity index is 487. The molecule has 1 atom stereocenters. The summed E-state index contributed by atoms with van der Waals surface area (Å²) in [5.41, 5.74) is 5.46. The third kappa shape index (κ3) is 2.15. The summed E-state index contributed by atoms with van der Waals surface area (Å²) in [6, 6.07) is 4.81. The van der Waals surface area contributed by atoms with Gasteiger partial charge < -0.3 is 5.73 Å². The number of halogens is 2. The Morgan fingerprint density at radius 3 is 2.94 bits per heavy atom. The van der Waals surface area contributed by atoms with E-state index >= 15 is 0 Å². The van der Waals surface area contributed by atoms with Crippen molar-refractivity contribution < 1.29 is 4.39 Å². The second kappa shape index (κ2) is 4.22. The normalized spacial score (nSPS) is 24.3. The van der Waals surface area contributed by atoms with Crippen molar-refractivity contribution >= 4 is 32.9 Å². The predicted molar refractivity (Wildman–Crippen MR) is 69.8 cm³/mol. The highest BCUT2D eigenvalue weighted by Gasteiger charge is 2.28. The lowest BCUT2D eigenvalue weighted by molar-refractivity contribution is 0.545. The van der Waals surface area contributed by atoms with E-state index in [1.165, 1.54) is 17.8 Å². The van der Waals surface area contributed by atoms with Gasteiger partial charge in [0.1, 0.15) is 11.4 Å². The molecule has 1 aromatic rings. The number of nitrogens with two attached hydrogens (primary N) is 1. The first-order valence-electron chi connectivity index (χ1n) is 4.66. The lowest BCUT2D eigenvalue weighted by atomic mass is 9.92. The van der Waals surface area contributed by atoms with Gasteiger partial charge in [0.25, 0.3) is 0 Å². The summed E-state index contributed by atoms with van der Waals surface area (Å²) in [4.78, 5) is 4.30. The standard InChI is InChI=1S/C11H10BrFN2S/c1-11(4-5-16-10(14)15-11)8-6-7(12)2-3-9(8)13/h2-6H,1H3,(H2,14,15). The van der Waals surface area contributed by atoms with Crippen LogP contribution in [0.15, 0.2) is 39.1 Å². The molecule has 1 aliphatic rings. The maximum absolute atomic E-state index is 13.8. The molecule has 0 radical (unpaired) electrons. The molecule has 2 N–H and O–H groups in total. The van der Waals surface area contributed by atoms with Crippen LogP contribution in [0.2, 0.25) is 0 Å². The van der Waals surface area contributed by atoms with E-state index < -0.39 is 5.54 Å². The summed E-state index contributed by atoms with van der Waals surface area (Å²) in [5, 5.41) is 2.28. The second-order valence-electron chi connectivity index (χ2n) is 3.64. The highest BCUT2D eigenvalue weighted by molar-refractivity contribution is 9.10. The van der Waals surface area contributed by atoms with Crippen LogP contribution in [0.3, 0.4) is 0 Å². The maximum Gasteiger partial charge on any atom is 0.159 e. The highest BCUT2D eigenvalue weighted by Crippen LogP contribution is 2.35. The van der Waals surface area contributed by atoms with Crippen molar-refractivity contribution in [1.29, 1.82) is 0 Å². The number of hydrogen-bond acceptors (Lipinski definition) is 3. The molecular formula is C11H10BrFN2S. The zero-order valence-corrected chi connectivity index (χ0v) is 11.0. The lowest BCUT2D eigenvalue weighted by Gasteiger charge is -2.25. The molecule has 0 saturated carbocycles. The lowest BCUT2D eigenvalue weighted by Crippen LogP contribution is -2.24. The fourth-order valence-electron chi connectivity index (χ4n) is 1.56. The van der Waals surface area contributed by atoms with Crippen molar-refractivity contribution in [2.75, 3.05) is 0 Å². The third-order valence-corrected chi connectivity index (χ3v) is 3.50. The van der Waals surface area contributed by atoms with Crippen LogP contribution in [0, 0.1) is 5.82 Å². The quantitative estimate of drug-likeness (QED) is 0.863. The molecule has 2 rings (SSSR count). The maximum atomic E-state index is 13.8. The first-order chi connectivity index (χ1) is 7.51. The minimum absolute atomic E-state index is 0.279. The first-order valence-corrected chi connectivity index (χ1v) is 6.34. The Balaban J connectivity index is 2.54. The molecule has 5 heteroatoms. The molecule has 0 saturated heterocycles. The molecule has 0 bridgehead atoms. The zero-order valence-electron chi connectivity index (χ0n) is 8.58. The van der Waals surface area contributed by atoms with Crippen LogP contribution in [-0.2, 0) is 5.54 Å². The van der Waals surface area contributed by atoms with E-state index in [2.05, 4.69) is 20.9 Å². The van der Waals surface area contributed by atoms with Crippen LogP contribution in [0.25, 0.3) is 0 Å². The van der Waals surface area contributed by atoms with Crippen molar-refractivity contribution in [2.45, 2.75) is 12.5 Å². The fourth-order valence-corrected chi connectivity index (χ4v) is 2.64. The van der Waals surface area contributed by atoms with Crippen molar-refractivity contribution in [3.05, 3.63) is 45.5 Å². The van der Waals surface area contributed by atoms with E-state index in [-0.39, 0.29) is 5.82 Å². The molecule has 1 aliphatic heterocycles. The molecule has 0 aromatic heterocycles. The van der Waals surface area contributed by atoms with Gasteiger partial charge in [-0.3, -0.25) is 0 Å². The molecule has 1 unspecified atom stereocenters. The molecule has 0 fully saturated rings. The average molecular weight is 301 g/mol. The van der Waals surface area contributed by atoms with E-state index in [9.17, 15) is 4.39 Å². The summed E-state index contributed by atoms with van der Waals surface area (Å²) in [6.07, 6.45) is 1.85. The van der Waals surface area contributed by atoms with E-state index in [1.807, 2.05) is 18.4 Å². The number of nitrogens with zero attached hydrogens (tertiary/aromatic N) is 1. The number of rotatable bonds is 1. The molecule has 1 aromatic carbocycles. The smallest absolute Gasteiger partial charge is 0.159 e. The second-order valence-corrected chi connectivity index (χ2v) is 5.48. The van der Waals surface area contributed by atoms with Gasteiger partial charge in [0.2, 0.25) is 0 Å². The summed E-state index contributed by atoms with van der Waals surface area (Å²) < 4.78 is 14.6. The summed E-state index contributed by atoms with van der Waals surface area (Å²) >= 11 is 4.66. The number of hydrogen-bond donors (Lipinski definition) is 1. The van der Waals surface area contributed by atoms with E-state index in [0.717, 1.165) is 4.47 Å². The van der Waals surface area contributed by atoms with Crippen LogP contribution in [0.4, 0.5) is 4.39 Å². The van der Waals surface area contributed by atoms with Gasteiger partial charge in [-0.15, -0.1) is 0 Å². The van der Waals surface area contributed by atoms with Gasteiger partial charge in [0.05, 0.1) is 0 Å². The molecule has 2 nitrogen and oxygen atoms in total. The van der Waals surface area contributed by atoms with Crippen LogP contribution >= 0.6 is 27.7 Å². The largest absolute Gasteiger partial charge is 0.378 e. The number of aliphatic imine (C=N–C) groups is 1. The van der Waals surface area contributed by atoms with E-state index in [0.29, 0.717) is 10.7 Å². The Kier molecular flexibility index (Phi) is 3.08. The van der Waals surface area contributed by atoms with Gasteiger partial charge in [-0.05, 0) is 36.6 Å². The third-order valence-electron chi connectivity index (χ3n) is 2.40. The Labute approximate surface area is 106 Å². The van der Waals surface area contributed by atoms with Gasteiger partial charge in [-0.25, -0.2) is 9.38 Å². The Hall–Kier alpha value is -0.810. The van der Waals surface area contributed by atoms with Crippen molar-refractivity contribution in [3.63, 3.8) is 0 Å². The topological polar surface area (TPSA) is 38.4 Å². The summed E-state index contributed by atoms with van der Waals surface area (Å²) in [5.74, 6) is -0.279. The molecule has 84 valence electrons. The molecule has 0 amide bonds. The van der Waals surface area contributed by atoms with Crippen molar-refractivity contribution in [1.82, 2.24) is 0 Å². The molecular weight excluding hydrogens is 291 g/mol. The first kappa shape index (κ1) is 11.7. The van der Waals surface area contributed by atoms with Crippen LogP contribution in [0.1, 0.15) is 12.5 Å². The van der Waals surface area contributed by atoms with Crippen LogP contribution < -0.4 is 5.73 Å². The molecule has 0 aliphatic carbocycles. The number of amidine groups is 1. The Morgan fingerprint density at radius 2 is 2.25 bits per heavy atom. The van der Waals surface area contributed by atoms with Gasteiger partial charge >= 0.3 is 0 Å². The molecule has 16 heavy (non-hydrogen) atoms. The molecule has 0 spiro atoms. The van der Waals surface area contributed by atoms with Gasteiger partial charge in [-0.1, -0.05) is 27.7 Å². The minimum atomic E-state index is -0.719. The monoisotopic (exact) mass is 300 g/mol. The van der Waals surface area contributed by atoms with Crippen molar-refractivity contribution in [3.8, 4) is 0 Å². The summed E-state index contributed by atoms with van der Waals surface area (Å²) in [6.45, 7) is 1.83. The average Bonchev–Trinajstić information content (AvgIpc) is 2.21. The highest BCUT2D eigenvalue weighted by atomic mass is 79.9. The van der Waals surface area contributed by atoms with Gasteiger partial charge in [-0.2, -0.15) is 0 Å². The minimum Gasteiger partial charge on any atom is -0.378 e. The fraction of sp³-hybridized carbons (Fsp3) is 0.182. The van der Waals surface area contributed by atoms with E-state index in [1.54, 1.807) is 12.1 Å². The van der Waals surface area contributed by atoms with E-state index in [4.69, 9.17) is 5.73 Å². The summed E-state index contributed by atoms with van der Waals surface area (Å²) in [7, 11) is 0. The van der Waals surface area contributed by atoms with Crippen LogP contribution in [0.5, 0.6) is 0 Å². The van der Waals surface area contributed by atoms with Gasteiger partial charge in [0, 0.05) is 10.0 Å². The van der Waals surface area contributed by atoms with Crippen molar-refractivity contribution in [2.24, 2.45) is 10.7 Å². The SMILES string of the molecule is CC1(c2cc(Br)ccc2F)C=CSC(N)=N1. The molecule has 1 heterocycles. The number of benzene rings is 1. The zero-order chi connectivity index (χ0) is 11.8. The van der Waals surface area contributed by atoms with Gasteiger partial charge in [0.15, 0.2) is 5.17 Å². The predicted octanol–water partition coefficient (Wildman–Crippen LogP) is 3.38.